The van der Waals surface area contributed by atoms with E-state index in [0.29, 0.717) is 29.2 Å². The molecule has 0 aliphatic rings. The Morgan fingerprint density at radius 1 is 1.07 bits per heavy atom. The summed E-state index contributed by atoms with van der Waals surface area (Å²) in [5, 5.41) is 10.5. The van der Waals surface area contributed by atoms with Crippen LogP contribution in [-0.4, -0.2) is 36.1 Å². The number of hydrogen-bond acceptors (Lipinski definition) is 7. The van der Waals surface area contributed by atoms with Crippen LogP contribution in [0, 0.1) is 0 Å². The van der Waals surface area contributed by atoms with E-state index in [2.05, 4.69) is 15.5 Å². The third-order valence-corrected chi connectivity index (χ3v) is 4.66. The number of anilines is 1. The molecular weight excluding hydrogens is 366 g/mol. The summed E-state index contributed by atoms with van der Waals surface area (Å²) in [6.45, 7) is 0. The number of hydrogen-bond donors (Lipinski definition) is 1. The highest BCUT2D eigenvalue weighted by Gasteiger charge is 2.14. The van der Waals surface area contributed by atoms with E-state index in [1.807, 2.05) is 30.3 Å². The molecule has 0 saturated carbocycles. The van der Waals surface area contributed by atoms with Gasteiger partial charge in [-0.15, -0.1) is 16.9 Å². The number of benzene rings is 2. The highest BCUT2D eigenvalue weighted by molar-refractivity contribution is 7.99. The van der Waals surface area contributed by atoms with E-state index in [0.717, 1.165) is 4.90 Å². The van der Waals surface area contributed by atoms with Gasteiger partial charge in [0.25, 0.3) is 0 Å². The van der Waals surface area contributed by atoms with Crippen molar-refractivity contribution in [3.63, 3.8) is 0 Å². The fourth-order valence-corrected chi connectivity index (χ4v) is 3.19. The van der Waals surface area contributed by atoms with Gasteiger partial charge in [0, 0.05) is 22.6 Å². The van der Waals surface area contributed by atoms with Gasteiger partial charge >= 0.3 is 6.01 Å². The van der Waals surface area contributed by atoms with Gasteiger partial charge in [-0.1, -0.05) is 23.3 Å². The van der Waals surface area contributed by atoms with Gasteiger partial charge in [-0.25, -0.2) is 0 Å². The van der Waals surface area contributed by atoms with Crippen molar-refractivity contribution in [1.82, 2.24) is 10.2 Å². The van der Waals surface area contributed by atoms with E-state index < -0.39 is 0 Å². The predicted octanol–water partition coefficient (Wildman–Crippen LogP) is 3.87. The summed E-state index contributed by atoms with van der Waals surface area (Å²) in [7, 11) is 3.11. The fourth-order valence-electron chi connectivity index (χ4n) is 2.32. The second-order valence-corrected chi connectivity index (χ2v) is 6.61. The molecule has 0 aliphatic heterocycles. The zero-order chi connectivity index (χ0) is 19.1. The molecule has 3 rings (SSSR count). The molecule has 0 bridgehead atoms. The number of nitrogens with zero attached hydrogens (tertiary/aromatic N) is 2. The van der Waals surface area contributed by atoms with Crippen molar-refractivity contribution >= 4 is 23.7 Å². The van der Waals surface area contributed by atoms with Crippen molar-refractivity contribution in [3.05, 3.63) is 48.5 Å². The molecule has 1 amide bonds. The normalized spacial score (nSPS) is 10.4. The minimum Gasteiger partial charge on any atom is -0.493 e. The maximum Gasteiger partial charge on any atom is 0.322 e. The molecule has 0 fully saturated rings. The number of nitrogens with one attached hydrogen (secondary N) is 1. The first kappa shape index (κ1) is 18.8. The second-order valence-electron chi connectivity index (χ2n) is 5.44. The lowest BCUT2D eigenvalue weighted by Gasteiger charge is -2.07. The van der Waals surface area contributed by atoms with E-state index in [9.17, 15) is 4.79 Å². The van der Waals surface area contributed by atoms with E-state index >= 15 is 0 Å². The summed E-state index contributed by atoms with van der Waals surface area (Å²) in [6, 6.07) is 15.2. The smallest absolute Gasteiger partial charge is 0.322 e. The molecule has 0 unspecified atom stereocenters. The molecule has 140 valence electrons. The lowest BCUT2D eigenvalue weighted by atomic mass is 10.2. The molecule has 8 heteroatoms. The highest BCUT2D eigenvalue weighted by atomic mass is 32.2. The summed E-state index contributed by atoms with van der Waals surface area (Å²) < 4.78 is 16.0. The standard InChI is InChI=1S/C19H19N3O4S/c1-24-15-9-8-13(12-16(15)25-2)18-21-22-19(26-18)20-17(23)10-11-27-14-6-4-3-5-7-14/h3-9,12H,10-11H2,1-2H3,(H,20,22,23). The highest BCUT2D eigenvalue weighted by Crippen LogP contribution is 2.32. The predicted molar refractivity (Wildman–Crippen MR) is 103 cm³/mol. The van der Waals surface area contributed by atoms with Crippen molar-refractivity contribution in [2.45, 2.75) is 11.3 Å². The molecule has 1 aromatic heterocycles. The molecule has 1 N–H and O–H groups in total. The number of amides is 1. The molecule has 7 nitrogen and oxygen atoms in total. The van der Waals surface area contributed by atoms with E-state index in [1.165, 1.54) is 0 Å². The Kier molecular flexibility index (Phi) is 6.32. The molecule has 0 radical (unpaired) electrons. The van der Waals surface area contributed by atoms with Crippen LogP contribution in [0.15, 0.2) is 57.8 Å². The Hall–Kier alpha value is -3.00. The minimum absolute atomic E-state index is 0.0643. The summed E-state index contributed by atoms with van der Waals surface area (Å²) in [6.07, 6.45) is 0.341. The number of ether oxygens (including phenoxy) is 2. The molecule has 27 heavy (non-hydrogen) atoms. The Bertz CT molecular complexity index is 899. The monoisotopic (exact) mass is 385 g/mol. The minimum atomic E-state index is -0.180. The summed E-state index contributed by atoms with van der Waals surface area (Å²) in [5.74, 6) is 1.92. The Balaban J connectivity index is 1.56. The van der Waals surface area contributed by atoms with Crippen LogP contribution in [0.4, 0.5) is 6.01 Å². The van der Waals surface area contributed by atoms with Gasteiger partial charge in [0.2, 0.25) is 11.8 Å². The van der Waals surface area contributed by atoms with Crippen LogP contribution >= 0.6 is 11.8 Å². The number of thioether (sulfide) groups is 1. The summed E-state index contributed by atoms with van der Waals surface area (Å²) in [5.41, 5.74) is 0.667. The van der Waals surface area contributed by atoms with Crippen LogP contribution in [0.2, 0.25) is 0 Å². The lowest BCUT2D eigenvalue weighted by Crippen LogP contribution is -2.12. The zero-order valence-corrected chi connectivity index (χ0v) is 15.8. The van der Waals surface area contributed by atoms with E-state index in [4.69, 9.17) is 13.9 Å². The second kappa shape index (κ2) is 9.09. The summed E-state index contributed by atoms with van der Waals surface area (Å²) >= 11 is 1.62. The maximum absolute atomic E-state index is 12.0. The quantitative estimate of drug-likeness (QED) is 0.589. The van der Waals surface area contributed by atoms with Crippen molar-refractivity contribution in [3.8, 4) is 23.0 Å². The van der Waals surface area contributed by atoms with Gasteiger partial charge in [0.1, 0.15) is 0 Å². The number of carbonyl (C=O) groups is 1. The SMILES string of the molecule is COc1ccc(-c2nnc(NC(=O)CCSc3ccccc3)o2)cc1OC. The van der Waals surface area contributed by atoms with Gasteiger partial charge in [-0.05, 0) is 30.3 Å². The van der Waals surface area contributed by atoms with Gasteiger partial charge in [0.05, 0.1) is 14.2 Å². The third kappa shape index (κ3) is 5.01. The number of carbonyl (C=O) groups excluding carboxylic acids is 1. The van der Waals surface area contributed by atoms with Crippen LogP contribution in [0.3, 0.4) is 0 Å². The molecule has 0 spiro atoms. The first-order valence-corrected chi connectivity index (χ1v) is 9.21. The van der Waals surface area contributed by atoms with Gasteiger partial charge in [-0.2, -0.15) is 0 Å². The van der Waals surface area contributed by atoms with Crippen LogP contribution in [0.25, 0.3) is 11.5 Å². The first-order chi connectivity index (χ1) is 13.2. The van der Waals surface area contributed by atoms with Gasteiger partial charge in [0.15, 0.2) is 11.5 Å². The summed E-state index contributed by atoms with van der Waals surface area (Å²) in [4.78, 5) is 13.2. The van der Waals surface area contributed by atoms with Crippen LogP contribution in [0.1, 0.15) is 6.42 Å². The maximum atomic E-state index is 12.0. The topological polar surface area (TPSA) is 86.5 Å². The van der Waals surface area contributed by atoms with Crippen molar-refractivity contribution < 1.29 is 18.7 Å². The van der Waals surface area contributed by atoms with E-state index in [1.54, 1.807) is 44.2 Å². The average Bonchev–Trinajstić information content (AvgIpc) is 3.16. The third-order valence-electron chi connectivity index (χ3n) is 3.64. The molecule has 1 heterocycles. The van der Waals surface area contributed by atoms with Crippen molar-refractivity contribution in [2.75, 3.05) is 25.3 Å². The molecule has 2 aromatic carbocycles. The Labute approximate surface area is 161 Å². The molecule has 0 aliphatic carbocycles. The van der Waals surface area contributed by atoms with Crippen molar-refractivity contribution in [2.24, 2.45) is 0 Å². The van der Waals surface area contributed by atoms with Gasteiger partial charge < -0.3 is 13.9 Å². The largest absolute Gasteiger partial charge is 0.493 e. The molecule has 3 aromatic rings. The van der Waals surface area contributed by atoms with Crippen LogP contribution in [0.5, 0.6) is 11.5 Å². The number of aromatic nitrogens is 2. The zero-order valence-electron chi connectivity index (χ0n) is 15.0. The molecular formula is C19H19N3O4S. The Morgan fingerprint density at radius 2 is 1.85 bits per heavy atom. The first-order valence-electron chi connectivity index (χ1n) is 8.23. The van der Waals surface area contributed by atoms with Crippen molar-refractivity contribution in [1.29, 1.82) is 0 Å². The molecule has 0 saturated heterocycles. The average molecular weight is 385 g/mol. The lowest BCUT2D eigenvalue weighted by molar-refractivity contribution is -0.115. The van der Waals surface area contributed by atoms with Crippen LogP contribution < -0.4 is 14.8 Å². The fraction of sp³-hybridized carbons (Fsp3) is 0.211. The number of rotatable bonds is 8. The number of methoxy groups -OCH3 is 2. The van der Waals surface area contributed by atoms with Crippen LogP contribution in [-0.2, 0) is 4.79 Å². The van der Waals surface area contributed by atoms with Gasteiger partial charge in [-0.3, -0.25) is 10.1 Å². The molecule has 0 atom stereocenters. The van der Waals surface area contributed by atoms with E-state index in [-0.39, 0.29) is 17.8 Å². The Morgan fingerprint density at radius 3 is 2.59 bits per heavy atom.